The summed E-state index contributed by atoms with van der Waals surface area (Å²) in [5.74, 6) is -0.633. The molecule has 150 valence electrons. The summed E-state index contributed by atoms with van der Waals surface area (Å²) in [6.45, 7) is -0.476. The van der Waals surface area contributed by atoms with Gasteiger partial charge in [0.1, 0.15) is 5.82 Å². The van der Waals surface area contributed by atoms with Crippen molar-refractivity contribution in [3.63, 3.8) is 0 Å². The van der Waals surface area contributed by atoms with Crippen LogP contribution in [0, 0.1) is 0 Å². The predicted octanol–water partition coefficient (Wildman–Crippen LogP) is 5.33. The fourth-order valence-electron chi connectivity index (χ4n) is 2.94. The van der Waals surface area contributed by atoms with Crippen LogP contribution in [0.4, 0.5) is 5.69 Å². The number of carbonyl (C=O) groups is 2. The van der Waals surface area contributed by atoms with Crippen molar-refractivity contribution < 1.29 is 14.3 Å². The zero-order valence-electron chi connectivity index (χ0n) is 15.5. The Morgan fingerprint density at radius 1 is 1.00 bits per heavy atom. The minimum absolute atomic E-state index is 0.296. The Morgan fingerprint density at radius 3 is 2.60 bits per heavy atom. The Bertz CT molecular complexity index is 1220. The van der Waals surface area contributed by atoms with Gasteiger partial charge >= 0.3 is 5.97 Å². The third-order valence-electron chi connectivity index (χ3n) is 4.33. The van der Waals surface area contributed by atoms with E-state index in [1.54, 1.807) is 36.4 Å². The van der Waals surface area contributed by atoms with Gasteiger partial charge in [-0.3, -0.25) is 4.79 Å². The maximum absolute atomic E-state index is 12.6. The van der Waals surface area contributed by atoms with Crippen LogP contribution in [0.2, 0.25) is 10.0 Å². The summed E-state index contributed by atoms with van der Waals surface area (Å²) in [6, 6.07) is 19.1. The largest absolute Gasteiger partial charge is 0.452 e. The first kappa shape index (κ1) is 19.9. The molecule has 0 saturated heterocycles. The highest BCUT2D eigenvalue weighted by molar-refractivity contribution is 6.35. The number of esters is 1. The van der Waals surface area contributed by atoms with Crippen LogP contribution in [-0.4, -0.2) is 28.5 Å². The Morgan fingerprint density at radius 2 is 1.77 bits per heavy atom. The lowest BCUT2D eigenvalue weighted by Crippen LogP contribution is -2.21. The van der Waals surface area contributed by atoms with Crippen LogP contribution in [0.15, 0.2) is 66.7 Å². The zero-order chi connectivity index (χ0) is 21.1. The lowest BCUT2D eigenvalue weighted by molar-refractivity contribution is -0.119. The fraction of sp³-hybridized carbons (Fsp3) is 0.0455. The van der Waals surface area contributed by atoms with Crippen molar-refractivity contribution in [3.05, 3.63) is 82.3 Å². The molecule has 0 unspecified atom stereocenters. The minimum Gasteiger partial charge on any atom is -0.452 e. The first-order chi connectivity index (χ1) is 14.5. The van der Waals surface area contributed by atoms with Crippen molar-refractivity contribution in [2.24, 2.45) is 0 Å². The van der Waals surface area contributed by atoms with Gasteiger partial charge in [0, 0.05) is 10.6 Å². The number of nitrogens with zero attached hydrogens (tertiary/aromatic N) is 1. The average molecular weight is 440 g/mol. The summed E-state index contributed by atoms with van der Waals surface area (Å²) in [5.41, 5.74) is 2.86. The number of nitrogens with one attached hydrogen (secondary N) is 2. The summed E-state index contributed by atoms with van der Waals surface area (Å²) < 4.78 is 5.20. The summed E-state index contributed by atoms with van der Waals surface area (Å²) in [5, 5.41) is 3.32. The summed E-state index contributed by atoms with van der Waals surface area (Å²) >= 11 is 11.9. The van der Waals surface area contributed by atoms with Gasteiger partial charge in [-0.05, 0) is 36.4 Å². The molecule has 0 spiro atoms. The lowest BCUT2D eigenvalue weighted by atomic mass is 10.1. The minimum atomic E-state index is -0.640. The first-order valence-electron chi connectivity index (χ1n) is 8.97. The molecule has 2 N–H and O–H groups in total. The molecule has 30 heavy (non-hydrogen) atoms. The van der Waals surface area contributed by atoms with Crippen LogP contribution in [0.25, 0.3) is 22.4 Å². The molecule has 0 radical (unpaired) electrons. The van der Waals surface area contributed by atoms with Crippen molar-refractivity contribution in [1.82, 2.24) is 9.97 Å². The van der Waals surface area contributed by atoms with E-state index in [9.17, 15) is 9.59 Å². The number of aromatic nitrogens is 2. The van der Waals surface area contributed by atoms with Crippen LogP contribution in [0.3, 0.4) is 0 Å². The highest BCUT2D eigenvalue weighted by Gasteiger charge is 2.18. The molecule has 4 rings (SSSR count). The number of ether oxygens (including phenoxy) is 1. The highest BCUT2D eigenvalue weighted by Crippen LogP contribution is 2.26. The molecular formula is C22H15Cl2N3O3. The van der Waals surface area contributed by atoms with Crippen molar-refractivity contribution in [3.8, 4) is 11.4 Å². The molecule has 0 saturated carbocycles. The van der Waals surface area contributed by atoms with Crippen LogP contribution >= 0.6 is 23.2 Å². The second-order valence-corrected chi connectivity index (χ2v) is 7.24. The average Bonchev–Trinajstić information content (AvgIpc) is 3.19. The monoisotopic (exact) mass is 439 g/mol. The number of imidazole rings is 1. The van der Waals surface area contributed by atoms with Crippen LogP contribution < -0.4 is 5.32 Å². The maximum atomic E-state index is 12.6. The van der Waals surface area contributed by atoms with Crippen molar-refractivity contribution in [2.45, 2.75) is 0 Å². The Balaban J connectivity index is 1.49. The molecule has 0 aliphatic heterocycles. The molecule has 0 atom stereocenters. The molecule has 0 bridgehead atoms. The van der Waals surface area contributed by atoms with Gasteiger partial charge in [0.05, 0.1) is 27.3 Å². The molecule has 1 amide bonds. The number of anilines is 1. The summed E-state index contributed by atoms with van der Waals surface area (Å²) in [4.78, 5) is 32.5. The van der Waals surface area contributed by atoms with Gasteiger partial charge < -0.3 is 15.0 Å². The van der Waals surface area contributed by atoms with E-state index >= 15 is 0 Å². The van der Waals surface area contributed by atoms with E-state index in [4.69, 9.17) is 27.9 Å². The van der Waals surface area contributed by atoms with Crippen LogP contribution in [-0.2, 0) is 9.53 Å². The normalized spacial score (nSPS) is 10.7. The van der Waals surface area contributed by atoms with Crippen molar-refractivity contribution in [1.29, 1.82) is 0 Å². The number of fused-ring (bicyclic) bond motifs is 1. The lowest BCUT2D eigenvalue weighted by Gasteiger charge is -2.10. The molecule has 0 aliphatic carbocycles. The standard InChI is InChI=1S/C22H15Cl2N3O3/c23-13-9-10-16(24)19(11-13)25-20(28)12-30-22(29)15-6-2-1-5-14(15)21-26-17-7-3-4-8-18(17)27-21/h1-11H,12H2,(H,25,28)(H,26,27). The highest BCUT2D eigenvalue weighted by atomic mass is 35.5. The quantitative estimate of drug-likeness (QED) is 0.411. The molecule has 0 aliphatic rings. The number of rotatable bonds is 5. The third kappa shape index (κ3) is 4.30. The predicted molar refractivity (Wildman–Crippen MR) is 117 cm³/mol. The first-order valence-corrected chi connectivity index (χ1v) is 9.73. The topological polar surface area (TPSA) is 84.1 Å². The van der Waals surface area contributed by atoms with Gasteiger partial charge in [-0.25, -0.2) is 9.78 Å². The number of benzene rings is 3. The fourth-order valence-corrected chi connectivity index (χ4v) is 3.27. The molecular weight excluding hydrogens is 425 g/mol. The van der Waals surface area contributed by atoms with E-state index in [0.29, 0.717) is 32.7 Å². The third-order valence-corrected chi connectivity index (χ3v) is 4.89. The van der Waals surface area contributed by atoms with E-state index in [-0.39, 0.29) is 0 Å². The van der Waals surface area contributed by atoms with E-state index < -0.39 is 18.5 Å². The molecule has 0 fully saturated rings. The molecule has 4 aromatic rings. The van der Waals surface area contributed by atoms with Gasteiger partial charge in [0.15, 0.2) is 6.61 Å². The van der Waals surface area contributed by atoms with Crippen LogP contribution in [0.5, 0.6) is 0 Å². The van der Waals surface area contributed by atoms with Gasteiger partial charge in [-0.1, -0.05) is 53.5 Å². The van der Waals surface area contributed by atoms with E-state index in [1.165, 1.54) is 6.07 Å². The van der Waals surface area contributed by atoms with Gasteiger partial charge in [-0.15, -0.1) is 0 Å². The van der Waals surface area contributed by atoms with E-state index in [0.717, 1.165) is 11.0 Å². The number of amides is 1. The summed E-state index contributed by atoms with van der Waals surface area (Å²) in [6.07, 6.45) is 0. The summed E-state index contributed by atoms with van der Waals surface area (Å²) in [7, 11) is 0. The maximum Gasteiger partial charge on any atom is 0.339 e. The van der Waals surface area contributed by atoms with Gasteiger partial charge in [0.25, 0.3) is 5.91 Å². The number of hydrogen-bond donors (Lipinski definition) is 2. The number of halogens is 2. The molecule has 8 heteroatoms. The van der Waals surface area contributed by atoms with E-state index in [2.05, 4.69) is 15.3 Å². The van der Waals surface area contributed by atoms with Crippen LogP contribution in [0.1, 0.15) is 10.4 Å². The Hall–Kier alpha value is -3.35. The Labute approximate surface area is 181 Å². The smallest absolute Gasteiger partial charge is 0.339 e. The number of hydrogen-bond acceptors (Lipinski definition) is 4. The SMILES string of the molecule is O=C(COC(=O)c1ccccc1-c1nc2ccccc2[nH]1)Nc1cc(Cl)ccc1Cl. The van der Waals surface area contributed by atoms with E-state index in [1.807, 2.05) is 24.3 Å². The molecule has 6 nitrogen and oxygen atoms in total. The number of carbonyl (C=O) groups excluding carboxylic acids is 2. The number of H-pyrrole nitrogens is 1. The second-order valence-electron chi connectivity index (χ2n) is 6.40. The van der Waals surface area contributed by atoms with Gasteiger partial charge in [-0.2, -0.15) is 0 Å². The second kappa shape index (κ2) is 8.57. The molecule has 3 aromatic carbocycles. The van der Waals surface area contributed by atoms with Crippen molar-refractivity contribution in [2.75, 3.05) is 11.9 Å². The number of aromatic amines is 1. The molecule has 1 heterocycles. The molecule has 1 aromatic heterocycles. The zero-order valence-corrected chi connectivity index (χ0v) is 17.0. The number of para-hydroxylation sites is 2. The van der Waals surface area contributed by atoms with Crippen molar-refractivity contribution >= 4 is 51.8 Å². The Kier molecular flexibility index (Phi) is 5.70. The van der Waals surface area contributed by atoms with Gasteiger partial charge in [0.2, 0.25) is 0 Å².